The summed E-state index contributed by atoms with van der Waals surface area (Å²) in [6.07, 6.45) is 0. The molecule has 3 aliphatic heterocycles. The average Bonchev–Trinajstić information content (AvgIpc) is 2.95. The predicted octanol–water partition coefficient (Wildman–Crippen LogP) is 6.51. The normalized spacial score (nSPS) is 26.2. The molecule has 4 aromatic rings. The van der Waals surface area contributed by atoms with E-state index in [4.69, 9.17) is 0 Å². The third kappa shape index (κ3) is 3.26. The number of hydrogen-bond donors (Lipinski definition) is 0. The lowest BCUT2D eigenvalue weighted by Gasteiger charge is -2.81. The van der Waals surface area contributed by atoms with Crippen molar-refractivity contribution in [2.24, 2.45) is 0 Å². The van der Waals surface area contributed by atoms with Crippen molar-refractivity contribution in [1.82, 2.24) is 0 Å². The Hall–Kier alpha value is -1.82. The lowest BCUT2D eigenvalue weighted by atomic mass is 10.4. The highest BCUT2D eigenvalue weighted by atomic mass is 29.4. The van der Waals surface area contributed by atoms with Gasteiger partial charge in [0.15, 0.2) is 0 Å². The first kappa shape index (κ1) is 28.3. The van der Waals surface area contributed by atoms with E-state index in [2.05, 4.69) is 174 Å². The van der Waals surface area contributed by atoms with Crippen molar-refractivity contribution in [2.45, 2.75) is 62.0 Å². The molecule has 0 saturated carbocycles. The molecule has 3 saturated heterocycles. The molecule has 2 bridgehead atoms. The van der Waals surface area contributed by atoms with E-state index in [9.17, 15) is 0 Å². The standard InChI is InChI=1S/C34H46Si6/c1-35(2)33-37(5,6)38(7,8)34(36(35,3)4)40(31-25-17-11-18-26-31,32-27-19-12-20-28-32)39(33,29-21-13-9-14-22-29)30-23-15-10-16-24-30/h9-28,33-34H,1-8H3. The molecule has 4 aromatic carbocycles. The van der Waals surface area contributed by atoms with Crippen molar-refractivity contribution in [3.05, 3.63) is 121 Å². The molecule has 0 atom stereocenters. The Morgan fingerprint density at radius 2 is 0.475 bits per heavy atom. The SMILES string of the molecule is C[Si]1(C)C2[Si](C)(C)[Si](C)(C)C([Si]1(C)C)[Si](c1ccccc1)(c1ccccc1)[Si]2(c1ccccc1)c1ccccc1. The highest BCUT2D eigenvalue weighted by molar-refractivity contribution is 7.82. The number of benzene rings is 4. The van der Waals surface area contributed by atoms with Crippen LogP contribution in [0.25, 0.3) is 0 Å². The maximum Gasteiger partial charge on any atom is 0.118 e. The quantitative estimate of drug-likeness (QED) is 0.228. The van der Waals surface area contributed by atoms with Gasteiger partial charge in [-0.25, -0.2) is 0 Å². The minimum absolute atomic E-state index is 0.928. The second-order valence-corrected chi connectivity index (χ2v) is 61.3. The summed E-state index contributed by atoms with van der Waals surface area (Å²) < 4.78 is 0. The van der Waals surface area contributed by atoms with Crippen LogP contribution in [0.3, 0.4) is 0 Å². The Kier molecular flexibility index (Phi) is 6.61. The van der Waals surface area contributed by atoms with Gasteiger partial charge in [-0.1, -0.05) is 204 Å². The number of rotatable bonds is 4. The van der Waals surface area contributed by atoms with Gasteiger partial charge in [-0.15, -0.1) is 0 Å². The molecule has 0 spiro atoms. The summed E-state index contributed by atoms with van der Waals surface area (Å²) in [5.41, 5.74) is 0. The van der Waals surface area contributed by atoms with Gasteiger partial charge in [0.2, 0.25) is 0 Å². The molecule has 0 nitrogen and oxygen atoms in total. The van der Waals surface area contributed by atoms with Gasteiger partial charge in [0.25, 0.3) is 0 Å². The van der Waals surface area contributed by atoms with Gasteiger partial charge in [-0.3, -0.25) is 0 Å². The van der Waals surface area contributed by atoms with Crippen LogP contribution in [-0.2, 0) is 0 Å². The molecule has 3 heterocycles. The molecule has 3 aliphatic rings. The lowest BCUT2D eigenvalue weighted by Crippen LogP contribution is -3.06. The van der Waals surface area contributed by atoms with E-state index in [-0.39, 0.29) is 0 Å². The first-order chi connectivity index (χ1) is 18.9. The van der Waals surface area contributed by atoms with Crippen LogP contribution in [0.1, 0.15) is 0 Å². The highest BCUT2D eigenvalue weighted by Crippen LogP contribution is 2.67. The molecule has 40 heavy (non-hydrogen) atoms. The highest BCUT2D eigenvalue weighted by Gasteiger charge is 2.86. The molecule has 0 aromatic heterocycles. The largest absolute Gasteiger partial charge is 0.118 e. The van der Waals surface area contributed by atoms with Crippen LogP contribution in [-0.4, -0.2) is 45.5 Å². The van der Waals surface area contributed by atoms with E-state index >= 15 is 0 Å². The molecule has 206 valence electrons. The zero-order chi connectivity index (χ0) is 28.6. The first-order valence-electron chi connectivity index (χ1n) is 15.1. The van der Waals surface area contributed by atoms with Crippen molar-refractivity contribution in [3.8, 4) is 0 Å². The van der Waals surface area contributed by atoms with Crippen LogP contribution >= 0.6 is 0 Å². The summed E-state index contributed by atoms with van der Waals surface area (Å²) in [6.45, 7) is 23.2. The van der Waals surface area contributed by atoms with Gasteiger partial charge in [0.05, 0.1) is 0 Å². The van der Waals surface area contributed by atoms with Gasteiger partial charge in [-0.05, 0) is 0 Å². The van der Waals surface area contributed by atoms with E-state index in [1.807, 2.05) is 0 Å². The van der Waals surface area contributed by atoms with E-state index in [1.54, 1.807) is 20.7 Å². The molecule has 0 unspecified atom stereocenters. The summed E-state index contributed by atoms with van der Waals surface area (Å²) in [5, 5.41) is 6.97. The molecule has 0 amide bonds. The van der Waals surface area contributed by atoms with Crippen LogP contribution in [0.5, 0.6) is 0 Å². The minimum Gasteiger partial charge on any atom is -0.0715 e. The third-order valence-electron chi connectivity index (χ3n) is 12.6. The third-order valence-corrected chi connectivity index (χ3v) is 98.2. The first-order valence-corrected chi connectivity index (χ1v) is 34.6. The fourth-order valence-corrected chi connectivity index (χ4v) is 153. The van der Waals surface area contributed by atoms with Gasteiger partial charge < -0.3 is 0 Å². The predicted molar refractivity (Wildman–Crippen MR) is 193 cm³/mol. The lowest BCUT2D eigenvalue weighted by molar-refractivity contribution is 1.29. The van der Waals surface area contributed by atoms with Crippen LogP contribution < -0.4 is 20.7 Å². The molecular formula is C34H46Si6. The van der Waals surface area contributed by atoms with Crippen molar-refractivity contribution in [2.75, 3.05) is 0 Å². The Balaban J connectivity index is 1.97. The zero-order valence-electron chi connectivity index (χ0n) is 25.7. The number of hydrogen-bond acceptors (Lipinski definition) is 0. The average molecular weight is 623 g/mol. The van der Waals surface area contributed by atoms with E-state index in [0.29, 0.717) is 0 Å². The Bertz CT molecular complexity index is 1270. The second kappa shape index (κ2) is 9.34. The number of fused-ring (bicyclic) bond motifs is 3. The Morgan fingerprint density at radius 3 is 0.650 bits per heavy atom. The maximum atomic E-state index is 2.90. The smallest absolute Gasteiger partial charge is 0.0715 e. The van der Waals surface area contributed by atoms with Crippen LogP contribution in [0.2, 0.25) is 62.0 Å². The van der Waals surface area contributed by atoms with Gasteiger partial charge in [0, 0.05) is 30.4 Å². The van der Waals surface area contributed by atoms with Crippen molar-refractivity contribution >= 4 is 66.3 Å². The van der Waals surface area contributed by atoms with Crippen molar-refractivity contribution in [3.63, 3.8) is 0 Å². The summed E-state index contributed by atoms with van der Waals surface area (Å²) in [6, 6.07) is 48.8. The zero-order valence-corrected chi connectivity index (χ0v) is 31.7. The molecule has 6 heteroatoms. The molecular weight excluding hydrogens is 577 g/mol. The van der Waals surface area contributed by atoms with Gasteiger partial charge >= 0.3 is 0 Å². The Morgan fingerprint density at radius 1 is 0.300 bits per heavy atom. The van der Waals surface area contributed by atoms with Gasteiger partial charge in [0.1, 0.15) is 15.2 Å². The summed E-state index contributed by atoms with van der Waals surface area (Å²) in [7, 11) is -11.4. The molecule has 0 aliphatic carbocycles. The molecule has 0 N–H and O–H groups in total. The van der Waals surface area contributed by atoms with Crippen LogP contribution in [0, 0.1) is 0 Å². The van der Waals surface area contributed by atoms with E-state index < -0.39 is 45.5 Å². The minimum atomic E-state index is -2.39. The summed E-state index contributed by atoms with van der Waals surface area (Å²) in [5.74, 6) is 0. The molecule has 3 fully saturated rings. The maximum absolute atomic E-state index is 2.90. The monoisotopic (exact) mass is 622 g/mol. The van der Waals surface area contributed by atoms with Crippen molar-refractivity contribution in [1.29, 1.82) is 0 Å². The second-order valence-electron chi connectivity index (χ2n) is 14.8. The Labute approximate surface area is 248 Å². The topological polar surface area (TPSA) is 0 Å². The fourth-order valence-electron chi connectivity index (χ4n) is 10.6. The van der Waals surface area contributed by atoms with Crippen molar-refractivity contribution < 1.29 is 0 Å². The molecule has 7 rings (SSSR count). The fraction of sp³-hybridized carbons (Fsp3) is 0.294. The summed E-state index contributed by atoms with van der Waals surface area (Å²) >= 11 is 0. The van der Waals surface area contributed by atoms with E-state index in [0.717, 1.165) is 9.58 Å². The molecule has 0 radical (unpaired) electrons. The van der Waals surface area contributed by atoms with E-state index in [1.165, 1.54) is 0 Å². The van der Waals surface area contributed by atoms with Gasteiger partial charge in [-0.2, -0.15) is 0 Å². The van der Waals surface area contributed by atoms with Crippen LogP contribution in [0.15, 0.2) is 121 Å². The van der Waals surface area contributed by atoms with Crippen LogP contribution in [0.4, 0.5) is 0 Å². The summed E-state index contributed by atoms with van der Waals surface area (Å²) in [4.78, 5) is 1.86.